The number of benzene rings is 2. The summed E-state index contributed by atoms with van der Waals surface area (Å²) in [4.78, 5) is 14.2. The number of aryl methyl sites for hydroxylation is 1. The van der Waals surface area contributed by atoms with Crippen LogP contribution in [0.15, 0.2) is 42.5 Å². The highest BCUT2D eigenvalue weighted by Crippen LogP contribution is 2.19. The predicted molar refractivity (Wildman–Crippen MR) is 93.7 cm³/mol. The Balaban J connectivity index is 1.95. The van der Waals surface area contributed by atoms with E-state index >= 15 is 0 Å². The molecule has 0 heterocycles. The summed E-state index contributed by atoms with van der Waals surface area (Å²) in [5.74, 6) is -0.287. The van der Waals surface area contributed by atoms with Gasteiger partial charge in [-0.05, 0) is 49.8 Å². The van der Waals surface area contributed by atoms with Crippen LogP contribution >= 0.6 is 0 Å². The van der Waals surface area contributed by atoms with Gasteiger partial charge in [-0.15, -0.1) is 0 Å². The van der Waals surface area contributed by atoms with Crippen LogP contribution in [0.25, 0.3) is 0 Å². The highest BCUT2D eigenvalue weighted by atomic mass is 19.1. The minimum absolute atomic E-state index is 0.0857. The zero-order chi connectivity index (χ0) is 17.5. The first-order valence-electron chi connectivity index (χ1n) is 7.84. The summed E-state index contributed by atoms with van der Waals surface area (Å²) >= 11 is 0. The van der Waals surface area contributed by atoms with E-state index in [9.17, 15) is 9.18 Å². The monoisotopic (exact) mass is 330 g/mol. The summed E-state index contributed by atoms with van der Waals surface area (Å²) in [6.07, 6.45) is 0.769. The van der Waals surface area contributed by atoms with Gasteiger partial charge in [0.05, 0.1) is 7.11 Å². The van der Waals surface area contributed by atoms with E-state index in [-0.39, 0.29) is 11.7 Å². The van der Waals surface area contributed by atoms with E-state index in [0.29, 0.717) is 12.8 Å². The van der Waals surface area contributed by atoms with Crippen molar-refractivity contribution >= 4 is 11.6 Å². The Morgan fingerprint density at radius 2 is 1.96 bits per heavy atom. The maximum atomic E-state index is 13.7. The molecule has 0 saturated carbocycles. The highest BCUT2D eigenvalue weighted by molar-refractivity contribution is 5.91. The van der Waals surface area contributed by atoms with Crippen LogP contribution in [-0.4, -0.2) is 32.0 Å². The molecule has 2 aromatic carbocycles. The molecule has 0 fully saturated rings. The van der Waals surface area contributed by atoms with Crippen LogP contribution in [0.2, 0.25) is 0 Å². The van der Waals surface area contributed by atoms with Crippen LogP contribution < -0.4 is 10.1 Å². The lowest BCUT2D eigenvalue weighted by molar-refractivity contribution is -0.116. The number of hydrogen-bond donors (Lipinski definition) is 1. The van der Waals surface area contributed by atoms with Gasteiger partial charge in [-0.25, -0.2) is 4.39 Å². The molecule has 5 heteroatoms. The van der Waals surface area contributed by atoms with Gasteiger partial charge in [-0.1, -0.05) is 24.3 Å². The maximum Gasteiger partial charge on any atom is 0.224 e. The van der Waals surface area contributed by atoms with Crippen LogP contribution in [-0.2, 0) is 17.8 Å². The van der Waals surface area contributed by atoms with E-state index in [4.69, 9.17) is 4.74 Å². The average Bonchev–Trinajstić information content (AvgIpc) is 2.54. The standard InChI is InChI=1S/C19H23FN2O2/c1-22(2)13-15-6-4-5-7-17(15)21-19(23)11-9-14-8-10-18(24-3)16(20)12-14/h4-8,10,12H,9,11,13H2,1-3H3,(H,21,23). The van der Waals surface area contributed by atoms with Gasteiger partial charge >= 0.3 is 0 Å². The first-order chi connectivity index (χ1) is 11.5. The number of methoxy groups -OCH3 is 1. The molecule has 1 amide bonds. The molecule has 0 aliphatic heterocycles. The fraction of sp³-hybridized carbons (Fsp3) is 0.316. The summed E-state index contributed by atoms with van der Waals surface area (Å²) in [6.45, 7) is 0.750. The van der Waals surface area contributed by atoms with Gasteiger partial charge in [-0.3, -0.25) is 4.79 Å². The fourth-order valence-electron chi connectivity index (χ4n) is 2.46. The third-order valence-corrected chi connectivity index (χ3v) is 3.63. The quantitative estimate of drug-likeness (QED) is 0.845. The lowest BCUT2D eigenvalue weighted by Gasteiger charge is -2.15. The minimum Gasteiger partial charge on any atom is -0.494 e. The largest absolute Gasteiger partial charge is 0.494 e. The fourth-order valence-corrected chi connectivity index (χ4v) is 2.46. The zero-order valence-electron chi connectivity index (χ0n) is 14.3. The molecule has 0 bridgehead atoms. The molecule has 128 valence electrons. The van der Waals surface area contributed by atoms with E-state index in [1.54, 1.807) is 12.1 Å². The van der Waals surface area contributed by atoms with Gasteiger partial charge in [0.25, 0.3) is 0 Å². The Kier molecular flexibility index (Phi) is 6.32. The molecule has 0 aliphatic rings. The lowest BCUT2D eigenvalue weighted by atomic mass is 10.1. The molecule has 1 N–H and O–H groups in total. The average molecular weight is 330 g/mol. The SMILES string of the molecule is COc1ccc(CCC(=O)Nc2ccccc2CN(C)C)cc1F. The molecule has 2 rings (SSSR count). The number of halogens is 1. The van der Waals surface area contributed by atoms with E-state index in [1.807, 2.05) is 43.3 Å². The first-order valence-corrected chi connectivity index (χ1v) is 7.84. The smallest absolute Gasteiger partial charge is 0.224 e. The first kappa shape index (κ1) is 17.9. The number of hydrogen-bond acceptors (Lipinski definition) is 3. The van der Waals surface area contributed by atoms with Crippen molar-refractivity contribution in [1.82, 2.24) is 4.90 Å². The zero-order valence-corrected chi connectivity index (χ0v) is 14.3. The van der Waals surface area contributed by atoms with Crippen molar-refractivity contribution in [2.45, 2.75) is 19.4 Å². The van der Waals surface area contributed by atoms with Crippen molar-refractivity contribution in [3.63, 3.8) is 0 Å². The van der Waals surface area contributed by atoms with Gasteiger partial charge in [0.1, 0.15) is 0 Å². The molecular weight excluding hydrogens is 307 g/mol. The molecule has 0 aliphatic carbocycles. The molecule has 24 heavy (non-hydrogen) atoms. The Morgan fingerprint density at radius 3 is 2.62 bits per heavy atom. The lowest BCUT2D eigenvalue weighted by Crippen LogP contribution is -2.16. The molecular formula is C19H23FN2O2. The van der Waals surface area contributed by atoms with Crippen molar-refractivity contribution in [2.75, 3.05) is 26.5 Å². The molecule has 0 spiro atoms. The van der Waals surface area contributed by atoms with E-state index < -0.39 is 5.82 Å². The second-order valence-corrected chi connectivity index (χ2v) is 5.91. The summed E-state index contributed by atoms with van der Waals surface area (Å²) in [5.41, 5.74) is 2.65. The second-order valence-electron chi connectivity index (χ2n) is 5.91. The maximum absolute atomic E-state index is 13.7. The molecule has 0 unspecified atom stereocenters. The highest BCUT2D eigenvalue weighted by Gasteiger charge is 2.09. The molecule has 4 nitrogen and oxygen atoms in total. The Labute approximate surface area is 142 Å². The van der Waals surface area contributed by atoms with Gasteiger partial charge in [0.15, 0.2) is 11.6 Å². The van der Waals surface area contributed by atoms with E-state index in [0.717, 1.165) is 23.4 Å². The third kappa shape index (κ3) is 5.06. The normalized spacial score (nSPS) is 10.7. The van der Waals surface area contributed by atoms with Gasteiger partial charge in [0, 0.05) is 18.7 Å². The molecule has 0 saturated heterocycles. The van der Waals surface area contributed by atoms with E-state index in [2.05, 4.69) is 5.32 Å². The number of nitrogens with zero attached hydrogens (tertiary/aromatic N) is 1. The Hall–Kier alpha value is -2.40. The molecule has 0 aromatic heterocycles. The third-order valence-electron chi connectivity index (χ3n) is 3.63. The van der Waals surface area contributed by atoms with Crippen molar-refractivity contribution in [3.8, 4) is 5.75 Å². The number of rotatable bonds is 7. The summed E-state index contributed by atoms with van der Waals surface area (Å²) < 4.78 is 18.6. The Bertz CT molecular complexity index is 702. The van der Waals surface area contributed by atoms with Crippen molar-refractivity contribution < 1.29 is 13.9 Å². The number of para-hydroxylation sites is 1. The van der Waals surface area contributed by atoms with Crippen LogP contribution in [0.1, 0.15) is 17.5 Å². The predicted octanol–water partition coefficient (Wildman–Crippen LogP) is 3.47. The van der Waals surface area contributed by atoms with Crippen molar-refractivity contribution in [1.29, 1.82) is 0 Å². The number of ether oxygens (including phenoxy) is 1. The van der Waals surface area contributed by atoms with Crippen LogP contribution in [0.3, 0.4) is 0 Å². The Morgan fingerprint density at radius 1 is 1.21 bits per heavy atom. The van der Waals surface area contributed by atoms with Crippen LogP contribution in [0.5, 0.6) is 5.75 Å². The summed E-state index contributed by atoms with van der Waals surface area (Å²) in [7, 11) is 5.39. The number of anilines is 1. The molecule has 0 atom stereocenters. The van der Waals surface area contributed by atoms with Crippen molar-refractivity contribution in [3.05, 3.63) is 59.4 Å². The molecule has 0 radical (unpaired) electrons. The van der Waals surface area contributed by atoms with Crippen LogP contribution in [0.4, 0.5) is 10.1 Å². The van der Waals surface area contributed by atoms with Gasteiger partial charge < -0.3 is 15.0 Å². The van der Waals surface area contributed by atoms with Gasteiger partial charge in [-0.2, -0.15) is 0 Å². The number of amides is 1. The topological polar surface area (TPSA) is 41.6 Å². The number of carbonyl (C=O) groups is 1. The van der Waals surface area contributed by atoms with E-state index in [1.165, 1.54) is 13.2 Å². The summed E-state index contributed by atoms with van der Waals surface area (Å²) in [5, 5.41) is 2.94. The second kappa shape index (κ2) is 8.45. The van der Waals surface area contributed by atoms with Gasteiger partial charge in [0.2, 0.25) is 5.91 Å². The van der Waals surface area contributed by atoms with Crippen molar-refractivity contribution in [2.24, 2.45) is 0 Å². The summed E-state index contributed by atoms with van der Waals surface area (Å²) in [6, 6.07) is 12.5. The minimum atomic E-state index is -0.410. The van der Waals surface area contributed by atoms with Crippen LogP contribution in [0, 0.1) is 5.82 Å². The number of carbonyl (C=O) groups excluding carboxylic acids is 1. The number of nitrogens with one attached hydrogen (secondary N) is 1. The molecule has 2 aromatic rings.